The fourth-order valence-electron chi connectivity index (χ4n) is 2.40. The van der Waals surface area contributed by atoms with Crippen LogP contribution in [0, 0.1) is 0 Å². The van der Waals surface area contributed by atoms with E-state index in [1.54, 1.807) is 26.0 Å². The maximum Gasteiger partial charge on any atom is 0.238 e. The van der Waals surface area contributed by atoms with Gasteiger partial charge in [-0.15, -0.1) is 11.3 Å². The minimum Gasteiger partial charge on any atom is -0.478 e. The summed E-state index contributed by atoms with van der Waals surface area (Å²) in [4.78, 5) is 13.5. The van der Waals surface area contributed by atoms with Gasteiger partial charge in [-0.1, -0.05) is 6.07 Å². The highest BCUT2D eigenvalue weighted by Crippen LogP contribution is 2.42. The van der Waals surface area contributed by atoms with Crippen LogP contribution in [0.5, 0.6) is 0 Å². The maximum atomic E-state index is 12.6. The average Bonchev–Trinajstić information content (AvgIpc) is 3.06. The van der Waals surface area contributed by atoms with Crippen molar-refractivity contribution in [2.24, 2.45) is 5.14 Å². The molecule has 1 aromatic carbocycles. The second-order valence-electron chi connectivity index (χ2n) is 5.69. The third kappa shape index (κ3) is 2.83. The zero-order chi connectivity index (χ0) is 16.8. The van der Waals surface area contributed by atoms with Crippen LogP contribution in [0.1, 0.15) is 24.3 Å². The first-order valence-electron chi connectivity index (χ1n) is 6.85. The van der Waals surface area contributed by atoms with E-state index in [2.05, 4.69) is 0 Å². The Morgan fingerprint density at radius 3 is 2.30 bits per heavy atom. The van der Waals surface area contributed by atoms with Crippen LogP contribution in [-0.4, -0.2) is 19.8 Å². The monoisotopic (exact) mass is 349 g/mol. The zero-order valence-electron chi connectivity index (χ0n) is 12.6. The van der Waals surface area contributed by atoms with E-state index in [0.717, 1.165) is 4.88 Å². The molecule has 0 unspecified atom stereocenters. The van der Waals surface area contributed by atoms with Gasteiger partial charge in [0.1, 0.15) is 5.76 Å². The largest absolute Gasteiger partial charge is 0.478 e. The summed E-state index contributed by atoms with van der Waals surface area (Å²) in [5.41, 5.74) is 0.209. The molecule has 0 saturated carbocycles. The highest BCUT2D eigenvalue weighted by atomic mass is 32.2. The molecule has 0 spiro atoms. The molecule has 1 aromatic heterocycles. The van der Waals surface area contributed by atoms with Crippen molar-refractivity contribution in [3.63, 3.8) is 0 Å². The SMILES string of the molecule is CC1(C)OC(c2ccc(S(N)(=O)=O)cc2)=C(c2cccs2)C1=O. The number of nitrogens with two attached hydrogens (primary N) is 1. The molecule has 2 aromatic rings. The first-order chi connectivity index (χ1) is 10.7. The molecular formula is C16H15NO4S2. The molecule has 1 aliphatic heterocycles. The topological polar surface area (TPSA) is 86.5 Å². The molecule has 7 heteroatoms. The van der Waals surface area contributed by atoms with E-state index >= 15 is 0 Å². The fraction of sp³-hybridized carbons (Fsp3) is 0.188. The smallest absolute Gasteiger partial charge is 0.238 e. The summed E-state index contributed by atoms with van der Waals surface area (Å²) >= 11 is 1.46. The van der Waals surface area contributed by atoms with E-state index in [0.29, 0.717) is 16.9 Å². The number of ether oxygens (including phenoxy) is 1. The summed E-state index contributed by atoms with van der Waals surface area (Å²) in [5.74, 6) is 0.369. The van der Waals surface area contributed by atoms with Crippen LogP contribution in [-0.2, 0) is 19.6 Å². The summed E-state index contributed by atoms with van der Waals surface area (Å²) in [6.45, 7) is 3.43. The van der Waals surface area contributed by atoms with E-state index in [4.69, 9.17) is 9.88 Å². The number of ketones is 1. The molecule has 1 aliphatic rings. The minimum absolute atomic E-state index is 0.0168. The first-order valence-corrected chi connectivity index (χ1v) is 9.28. The third-order valence-electron chi connectivity index (χ3n) is 3.57. The number of Topliss-reactive ketones (excluding diaryl/α,β-unsaturated/α-hetero) is 1. The number of hydrogen-bond donors (Lipinski definition) is 1. The molecule has 0 atom stereocenters. The number of primary sulfonamides is 1. The van der Waals surface area contributed by atoms with Gasteiger partial charge >= 0.3 is 0 Å². The van der Waals surface area contributed by atoms with Crippen molar-refractivity contribution in [2.45, 2.75) is 24.3 Å². The van der Waals surface area contributed by atoms with Crippen LogP contribution < -0.4 is 5.14 Å². The standard InChI is InChI=1S/C16H15NO4S2/c1-16(2)15(18)13(12-4-3-9-22-12)14(21-16)10-5-7-11(8-6-10)23(17,19)20/h3-9H,1-2H3,(H2,17,19,20). The Balaban J connectivity index is 2.13. The Bertz CT molecular complexity index is 892. The second-order valence-corrected chi connectivity index (χ2v) is 8.20. The number of carbonyl (C=O) groups excluding carboxylic acids is 1. The van der Waals surface area contributed by atoms with Crippen LogP contribution in [0.2, 0.25) is 0 Å². The van der Waals surface area contributed by atoms with Crippen LogP contribution in [0.3, 0.4) is 0 Å². The predicted octanol–water partition coefficient (Wildman–Crippen LogP) is 2.64. The van der Waals surface area contributed by atoms with Gasteiger partial charge in [0.15, 0.2) is 5.60 Å². The number of sulfonamides is 1. The number of hydrogen-bond acceptors (Lipinski definition) is 5. The van der Waals surface area contributed by atoms with Gasteiger partial charge in [0, 0.05) is 10.4 Å². The highest BCUT2D eigenvalue weighted by molar-refractivity contribution is 7.89. The molecule has 0 fully saturated rings. The molecule has 0 bridgehead atoms. The van der Waals surface area contributed by atoms with Gasteiger partial charge in [0.05, 0.1) is 10.5 Å². The van der Waals surface area contributed by atoms with Gasteiger partial charge in [-0.25, -0.2) is 13.6 Å². The van der Waals surface area contributed by atoms with Gasteiger partial charge in [-0.3, -0.25) is 4.79 Å². The van der Waals surface area contributed by atoms with Crippen molar-refractivity contribution in [1.29, 1.82) is 0 Å². The zero-order valence-corrected chi connectivity index (χ0v) is 14.2. The van der Waals surface area contributed by atoms with Crippen molar-refractivity contribution in [3.8, 4) is 0 Å². The Kier molecular flexibility index (Phi) is 3.66. The van der Waals surface area contributed by atoms with Crippen molar-refractivity contribution in [1.82, 2.24) is 0 Å². The molecule has 0 saturated heterocycles. The summed E-state index contributed by atoms with van der Waals surface area (Å²) in [7, 11) is -3.76. The Labute approximate surface area is 138 Å². The third-order valence-corrected chi connectivity index (χ3v) is 5.39. The Morgan fingerprint density at radius 1 is 1.13 bits per heavy atom. The van der Waals surface area contributed by atoms with Gasteiger partial charge in [-0.05, 0) is 49.6 Å². The lowest BCUT2D eigenvalue weighted by Crippen LogP contribution is -2.29. The Hall–Kier alpha value is -1.96. The normalized spacial score (nSPS) is 17.4. The molecular weight excluding hydrogens is 334 g/mol. The summed E-state index contributed by atoms with van der Waals surface area (Å²) in [5, 5.41) is 7.00. The summed E-state index contributed by atoms with van der Waals surface area (Å²) < 4.78 is 28.6. The van der Waals surface area contributed by atoms with Crippen LogP contribution in [0.15, 0.2) is 46.7 Å². The van der Waals surface area contributed by atoms with Crippen molar-refractivity contribution < 1.29 is 17.9 Å². The van der Waals surface area contributed by atoms with E-state index in [1.165, 1.54) is 23.5 Å². The molecule has 2 heterocycles. The number of thiophene rings is 1. The second kappa shape index (κ2) is 5.30. The molecule has 0 radical (unpaired) electrons. The van der Waals surface area contributed by atoms with E-state index in [9.17, 15) is 13.2 Å². The lowest BCUT2D eigenvalue weighted by atomic mass is 9.97. The fourth-order valence-corrected chi connectivity index (χ4v) is 3.68. The number of benzene rings is 1. The number of rotatable bonds is 3. The van der Waals surface area contributed by atoms with E-state index < -0.39 is 15.6 Å². The molecule has 120 valence electrons. The maximum absolute atomic E-state index is 12.6. The van der Waals surface area contributed by atoms with E-state index in [-0.39, 0.29) is 10.7 Å². The molecule has 2 N–H and O–H groups in total. The van der Waals surface area contributed by atoms with Crippen LogP contribution in [0.25, 0.3) is 11.3 Å². The molecule has 0 aliphatic carbocycles. The van der Waals surface area contributed by atoms with Crippen molar-refractivity contribution in [2.75, 3.05) is 0 Å². The molecule has 23 heavy (non-hydrogen) atoms. The van der Waals surface area contributed by atoms with Gasteiger partial charge in [0.25, 0.3) is 0 Å². The highest BCUT2D eigenvalue weighted by Gasteiger charge is 2.43. The van der Waals surface area contributed by atoms with Crippen molar-refractivity contribution >= 4 is 38.5 Å². The average molecular weight is 349 g/mol. The van der Waals surface area contributed by atoms with Gasteiger partial charge in [0.2, 0.25) is 15.8 Å². The quantitative estimate of drug-likeness (QED) is 0.923. The molecule has 5 nitrogen and oxygen atoms in total. The number of carbonyl (C=O) groups is 1. The van der Waals surface area contributed by atoms with E-state index in [1.807, 2.05) is 17.5 Å². The van der Waals surface area contributed by atoms with Gasteiger partial charge in [-0.2, -0.15) is 0 Å². The van der Waals surface area contributed by atoms with Crippen molar-refractivity contribution in [3.05, 3.63) is 52.2 Å². The predicted molar refractivity (Wildman–Crippen MR) is 89.1 cm³/mol. The van der Waals surface area contributed by atoms with Crippen LogP contribution in [0.4, 0.5) is 0 Å². The summed E-state index contributed by atoms with van der Waals surface area (Å²) in [6.07, 6.45) is 0. The first kappa shape index (κ1) is 15.9. The molecule has 0 amide bonds. The minimum atomic E-state index is -3.76. The van der Waals surface area contributed by atoms with Crippen LogP contribution >= 0.6 is 11.3 Å². The molecule has 3 rings (SSSR count). The van der Waals surface area contributed by atoms with Gasteiger partial charge < -0.3 is 4.74 Å². The summed E-state index contributed by atoms with van der Waals surface area (Å²) in [6, 6.07) is 9.73. The lowest BCUT2D eigenvalue weighted by Gasteiger charge is -2.17. The Morgan fingerprint density at radius 2 is 1.78 bits per heavy atom. The lowest BCUT2D eigenvalue weighted by molar-refractivity contribution is -0.125.